The summed E-state index contributed by atoms with van der Waals surface area (Å²) in [6.45, 7) is 2.24. The van der Waals surface area contributed by atoms with E-state index in [2.05, 4.69) is 5.32 Å². The molecular weight excluding hydrogens is 241 g/mol. The summed E-state index contributed by atoms with van der Waals surface area (Å²) in [5, 5.41) is 13.5. The van der Waals surface area contributed by atoms with Gasteiger partial charge >= 0.3 is 18.9 Å². The predicted octanol–water partition coefficient (Wildman–Crippen LogP) is -3.27. The van der Waals surface area contributed by atoms with Gasteiger partial charge in [0, 0.05) is 17.8 Å². The van der Waals surface area contributed by atoms with Gasteiger partial charge in [-0.05, 0) is 25.1 Å². The third-order valence-corrected chi connectivity index (χ3v) is 2.73. The van der Waals surface area contributed by atoms with Crippen LogP contribution in [0, 0.1) is 0 Å². The Morgan fingerprint density at radius 2 is 2.06 bits per heavy atom. The molecule has 0 amide bonds. The second kappa shape index (κ2) is 6.07. The van der Waals surface area contributed by atoms with Crippen molar-refractivity contribution in [1.29, 1.82) is 0 Å². The van der Waals surface area contributed by atoms with Gasteiger partial charge in [-0.3, -0.25) is 4.55 Å². The zero-order valence-corrected chi connectivity index (χ0v) is 10.2. The summed E-state index contributed by atoms with van der Waals surface area (Å²) >= 11 is 0. The van der Waals surface area contributed by atoms with Crippen molar-refractivity contribution in [3.63, 3.8) is 0 Å². The molecule has 1 rings (SSSR count). The molecule has 0 bridgehead atoms. The number of hydrogen-bond donors (Lipinski definition) is 2. The van der Waals surface area contributed by atoms with Gasteiger partial charge in [0.15, 0.2) is 0 Å². The average molecular weight is 251 g/mol. The predicted molar refractivity (Wildman–Crippen MR) is 54.8 cm³/mol. The van der Waals surface area contributed by atoms with E-state index in [1.54, 1.807) is 6.92 Å². The number of carboxylic acid groups (broad SMARTS) is 1. The van der Waals surface area contributed by atoms with E-state index in [4.69, 9.17) is 4.55 Å². The summed E-state index contributed by atoms with van der Waals surface area (Å²) < 4.78 is 30.4. The summed E-state index contributed by atoms with van der Waals surface area (Å²) in [4.78, 5) is 10.3. The van der Waals surface area contributed by atoms with Gasteiger partial charge in [-0.15, -0.1) is 0 Å². The van der Waals surface area contributed by atoms with Crippen LogP contribution in [0.5, 0.6) is 0 Å². The minimum atomic E-state index is -4.41. The SMILES string of the molecule is CCNc1ccc(S(=O)(=O)O)cc1C(=O)[O-].[Li+]. The molecule has 88 valence electrons. The molecule has 0 aliphatic rings. The van der Waals surface area contributed by atoms with Crippen LogP contribution in [0.2, 0.25) is 0 Å². The van der Waals surface area contributed by atoms with E-state index in [1.165, 1.54) is 6.07 Å². The van der Waals surface area contributed by atoms with E-state index < -0.39 is 21.0 Å². The first-order chi connectivity index (χ1) is 7.36. The summed E-state index contributed by atoms with van der Waals surface area (Å²) in [6, 6.07) is 3.22. The molecule has 0 unspecified atom stereocenters. The topological polar surface area (TPSA) is 107 Å². The van der Waals surface area contributed by atoms with Gasteiger partial charge in [-0.2, -0.15) is 8.42 Å². The number of anilines is 1. The second-order valence-electron chi connectivity index (χ2n) is 3.00. The Labute approximate surface area is 111 Å². The Kier molecular flexibility index (Phi) is 5.71. The number of carboxylic acids is 1. The number of nitrogens with one attached hydrogen (secondary N) is 1. The molecule has 0 spiro atoms. The van der Waals surface area contributed by atoms with E-state index >= 15 is 0 Å². The van der Waals surface area contributed by atoms with Gasteiger partial charge in [-0.25, -0.2) is 0 Å². The second-order valence-corrected chi connectivity index (χ2v) is 4.42. The molecule has 6 nitrogen and oxygen atoms in total. The fraction of sp³-hybridized carbons (Fsp3) is 0.222. The summed E-state index contributed by atoms with van der Waals surface area (Å²) in [6.07, 6.45) is 0. The molecule has 1 aromatic rings. The maximum Gasteiger partial charge on any atom is 1.00 e. The third kappa shape index (κ3) is 4.05. The van der Waals surface area contributed by atoms with Crippen LogP contribution < -0.4 is 29.3 Å². The number of benzene rings is 1. The first-order valence-electron chi connectivity index (χ1n) is 4.43. The maximum absolute atomic E-state index is 10.8. The molecule has 8 heteroatoms. The molecule has 1 aromatic carbocycles. The molecule has 0 fully saturated rings. The van der Waals surface area contributed by atoms with Crippen molar-refractivity contribution in [3.05, 3.63) is 23.8 Å². The minimum absolute atomic E-state index is 0. The van der Waals surface area contributed by atoms with Crippen LogP contribution in [0.1, 0.15) is 17.3 Å². The van der Waals surface area contributed by atoms with E-state index in [9.17, 15) is 18.3 Å². The van der Waals surface area contributed by atoms with Crippen LogP contribution in [0.4, 0.5) is 5.69 Å². The molecular formula is C9H10LiNO5S. The molecule has 2 N–H and O–H groups in total. The smallest absolute Gasteiger partial charge is 0.545 e. The van der Waals surface area contributed by atoms with Crippen molar-refractivity contribution in [3.8, 4) is 0 Å². The van der Waals surface area contributed by atoms with Crippen molar-refractivity contribution < 1.29 is 41.7 Å². The fourth-order valence-electron chi connectivity index (χ4n) is 1.20. The molecule has 0 aliphatic carbocycles. The largest absolute Gasteiger partial charge is 1.00 e. The van der Waals surface area contributed by atoms with Crippen LogP contribution in [0.25, 0.3) is 0 Å². The number of carbonyl (C=O) groups is 1. The molecule has 0 saturated heterocycles. The Morgan fingerprint density at radius 3 is 2.47 bits per heavy atom. The van der Waals surface area contributed by atoms with Gasteiger partial charge in [0.25, 0.3) is 10.1 Å². The standard InChI is InChI=1S/C9H11NO5S.Li/c1-2-10-8-4-3-6(16(13,14)15)5-7(8)9(11)12;/h3-5,10H,2H2,1H3,(H,11,12)(H,13,14,15);/q;+1/p-1. The minimum Gasteiger partial charge on any atom is -0.545 e. The van der Waals surface area contributed by atoms with Crippen molar-refractivity contribution in [2.24, 2.45) is 0 Å². The molecule has 0 heterocycles. The average Bonchev–Trinajstić information content (AvgIpc) is 2.16. The van der Waals surface area contributed by atoms with E-state index in [1.807, 2.05) is 0 Å². The Bertz CT molecular complexity index is 514. The first kappa shape index (κ1) is 16.0. The Balaban J connectivity index is 0.00000256. The number of carbonyl (C=O) groups excluding carboxylic acids is 1. The molecule has 17 heavy (non-hydrogen) atoms. The van der Waals surface area contributed by atoms with Gasteiger partial charge < -0.3 is 15.2 Å². The van der Waals surface area contributed by atoms with Gasteiger partial charge in [0.2, 0.25) is 0 Å². The Hall–Kier alpha value is -1.00. The van der Waals surface area contributed by atoms with E-state index in [-0.39, 0.29) is 30.1 Å². The quantitative estimate of drug-likeness (QED) is 0.429. The van der Waals surface area contributed by atoms with Gasteiger partial charge in [0.05, 0.1) is 10.9 Å². The number of rotatable bonds is 4. The van der Waals surface area contributed by atoms with Gasteiger partial charge in [0.1, 0.15) is 0 Å². The van der Waals surface area contributed by atoms with Crippen LogP contribution in [-0.2, 0) is 10.1 Å². The zero-order chi connectivity index (χ0) is 12.3. The van der Waals surface area contributed by atoms with Crippen molar-refractivity contribution >= 4 is 21.8 Å². The van der Waals surface area contributed by atoms with Crippen LogP contribution in [0.3, 0.4) is 0 Å². The zero-order valence-electron chi connectivity index (χ0n) is 9.43. The van der Waals surface area contributed by atoms with Crippen LogP contribution in [-0.4, -0.2) is 25.5 Å². The van der Waals surface area contributed by atoms with E-state index in [0.717, 1.165) is 12.1 Å². The van der Waals surface area contributed by atoms with Crippen LogP contribution in [0.15, 0.2) is 23.1 Å². The van der Waals surface area contributed by atoms with Crippen molar-refractivity contribution in [1.82, 2.24) is 0 Å². The Morgan fingerprint density at radius 1 is 1.47 bits per heavy atom. The summed E-state index contributed by atoms with van der Waals surface area (Å²) in [5.41, 5.74) is -0.0631. The fourth-order valence-corrected chi connectivity index (χ4v) is 1.70. The van der Waals surface area contributed by atoms with Crippen LogP contribution >= 0.6 is 0 Å². The summed E-state index contributed by atoms with van der Waals surface area (Å²) in [7, 11) is -4.41. The molecule has 0 radical (unpaired) electrons. The molecule has 0 aromatic heterocycles. The number of hydrogen-bond acceptors (Lipinski definition) is 5. The monoisotopic (exact) mass is 251 g/mol. The van der Waals surface area contributed by atoms with Crippen molar-refractivity contribution in [2.45, 2.75) is 11.8 Å². The van der Waals surface area contributed by atoms with Gasteiger partial charge in [-0.1, -0.05) is 0 Å². The molecule has 0 saturated carbocycles. The molecule has 0 aliphatic heterocycles. The number of aromatic carboxylic acids is 1. The first-order valence-corrected chi connectivity index (χ1v) is 5.87. The third-order valence-electron chi connectivity index (χ3n) is 1.88. The van der Waals surface area contributed by atoms with Crippen molar-refractivity contribution in [2.75, 3.05) is 11.9 Å². The molecule has 0 atom stereocenters. The van der Waals surface area contributed by atoms with E-state index in [0.29, 0.717) is 6.54 Å². The normalized spacial score (nSPS) is 10.5. The summed E-state index contributed by atoms with van der Waals surface area (Å²) in [5.74, 6) is -1.51. The maximum atomic E-state index is 10.8.